The second-order valence-corrected chi connectivity index (χ2v) is 6.78. The molecule has 2 fully saturated rings. The second-order valence-electron chi connectivity index (χ2n) is 6.78. The highest BCUT2D eigenvalue weighted by atomic mass is 16.4. The fourth-order valence-corrected chi connectivity index (χ4v) is 3.53. The smallest absolute Gasteiger partial charge is 0.303 e. The molecule has 1 N–H and O–H groups in total. The van der Waals surface area contributed by atoms with Crippen LogP contribution in [-0.2, 0) is 16.0 Å². The van der Waals surface area contributed by atoms with Crippen molar-refractivity contribution in [2.24, 2.45) is 11.3 Å². The number of carboxylic acids is 1. The Hall–Kier alpha value is -1.84. The van der Waals surface area contributed by atoms with Crippen molar-refractivity contribution in [3.63, 3.8) is 0 Å². The molecule has 4 heteroatoms. The molecule has 1 aliphatic heterocycles. The van der Waals surface area contributed by atoms with Crippen molar-refractivity contribution in [2.75, 3.05) is 13.1 Å². The number of likely N-dealkylation sites (tertiary alicyclic amines) is 1. The Balaban J connectivity index is 1.57. The van der Waals surface area contributed by atoms with Crippen LogP contribution in [0.15, 0.2) is 30.3 Å². The highest BCUT2D eigenvalue weighted by Gasteiger charge is 2.51. The molecule has 22 heavy (non-hydrogen) atoms. The molecule has 0 aromatic heterocycles. The highest BCUT2D eigenvalue weighted by Crippen LogP contribution is 2.50. The summed E-state index contributed by atoms with van der Waals surface area (Å²) in [5.41, 5.74) is 1.05. The Bertz CT molecular complexity index is 543. The lowest BCUT2D eigenvalue weighted by atomic mass is 9.90. The van der Waals surface area contributed by atoms with Crippen LogP contribution in [0.4, 0.5) is 0 Å². The van der Waals surface area contributed by atoms with E-state index >= 15 is 0 Å². The van der Waals surface area contributed by atoms with Gasteiger partial charge < -0.3 is 10.0 Å². The molecule has 0 atom stereocenters. The van der Waals surface area contributed by atoms with Crippen molar-refractivity contribution in [1.82, 2.24) is 4.90 Å². The minimum atomic E-state index is -0.729. The average Bonchev–Trinajstić information content (AvgIpc) is 3.28. The number of carbonyl (C=O) groups is 2. The summed E-state index contributed by atoms with van der Waals surface area (Å²) in [6.45, 7) is 1.43. The van der Waals surface area contributed by atoms with E-state index in [0.717, 1.165) is 32.1 Å². The Morgan fingerprint density at radius 1 is 1.14 bits per heavy atom. The normalized spacial score (nSPS) is 20.6. The third kappa shape index (κ3) is 3.32. The maximum absolute atomic E-state index is 12.8. The first-order valence-electron chi connectivity index (χ1n) is 8.14. The maximum Gasteiger partial charge on any atom is 0.303 e. The number of hydrogen-bond acceptors (Lipinski definition) is 2. The van der Waals surface area contributed by atoms with Gasteiger partial charge in [-0.3, -0.25) is 9.59 Å². The van der Waals surface area contributed by atoms with Gasteiger partial charge in [0.15, 0.2) is 0 Å². The summed E-state index contributed by atoms with van der Waals surface area (Å²) >= 11 is 0. The van der Waals surface area contributed by atoms with Crippen molar-refractivity contribution in [1.29, 1.82) is 0 Å². The summed E-state index contributed by atoms with van der Waals surface area (Å²) in [5, 5.41) is 8.86. The second kappa shape index (κ2) is 6.11. The van der Waals surface area contributed by atoms with Crippen molar-refractivity contribution >= 4 is 11.9 Å². The Morgan fingerprint density at radius 2 is 1.77 bits per heavy atom. The predicted molar refractivity (Wildman–Crippen MR) is 83.4 cm³/mol. The van der Waals surface area contributed by atoms with Gasteiger partial charge in [0.1, 0.15) is 0 Å². The van der Waals surface area contributed by atoms with E-state index < -0.39 is 5.97 Å². The van der Waals surface area contributed by atoms with Crippen LogP contribution in [0, 0.1) is 11.3 Å². The first-order chi connectivity index (χ1) is 10.6. The molecule has 1 aromatic rings. The number of nitrogens with zero attached hydrogens (tertiary/aromatic N) is 1. The largest absolute Gasteiger partial charge is 0.481 e. The van der Waals surface area contributed by atoms with Gasteiger partial charge in [-0.1, -0.05) is 30.3 Å². The molecule has 1 saturated heterocycles. The van der Waals surface area contributed by atoms with Gasteiger partial charge in [-0.25, -0.2) is 0 Å². The van der Waals surface area contributed by atoms with Crippen molar-refractivity contribution < 1.29 is 14.7 Å². The third-order valence-corrected chi connectivity index (χ3v) is 5.06. The van der Waals surface area contributed by atoms with E-state index in [4.69, 9.17) is 5.11 Å². The van der Waals surface area contributed by atoms with Gasteiger partial charge >= 0.3 is 5.97 Å². The number of hydrogen-bond donors (Lipinski definition) is 1. The van der Waals surface area contributed by atoms with E-state index in [2.05, 4.69) is 12.1 Å². The van der Waals surface area contributed by atoms with Gasteiger partial charge in [0.2, 0.25) is 5.91 Å². The summed E-state index contributed by atoms with van der Waals surface area (Å²) in [4.78, 5) is 25.6. The number of amides is 1. The number of benzene rings is 1. The van der Waals surface area contributed by atoms with E-state index in [1.807, 2.05) is 23.1 Å². The molecule has 1 aliphatic carbocycles. The van der Waals surface area contributed by atoms with E-state index in [1.165, 1.54) is 5.56 Å². The molecule has 0 unspecified atom stereocenters. The molecule has 1 saturated carbocycles. The fraction of sp³-hybridized carbons (Fsp3) is 0.556. The van der Waals surface area contributed by atoms with Gasteiger partial charge in [-0.05, 0) is 43.6 Å². The summed E-state index contributed by atoms with van der Waals surface area (Å²) in [5.74, 6) is -0.219. The van der Waals surface area contributed by atoms with Crippen LogP contribution in [0.3, 0.4) is 0 Å². The van der Waals surface area contributed by atoms with E-state index in [0.29, 0.717) is 13.1 Å². The molecular weight excluding hydrogens is 278 g/mol. The van der Waals surface area contributed by atoms with E-state index in [1.54, 1.807) is 0 Å². The van der Waals surface area contributed by atoms with Gasteiger partial charge in [0.25, 0.3) is 0 Å². The lowest BCUT2D eigenvalue weighted by Crippen LogP contribution is -2.43. The minimum absolute atomic E-state index is 0.180. The molecule has 0 bridgehead atoms. The number of aliphatic carboxylic acids is 1. The zero-order valence-electron chi connectivity index (χ0n) is 12.8. The van der Waals surface area contributed by atoms with E-state index in [9.17, 15) is 9.59 Å². The quantitative estimate of drug-likeness (QED) is 0.909. The lowest BCUT2D eigenvalue weighted by molar-refractivity contribution is -0.140. The summed E-state index contributed by atoms with van der Waals surface area (Å²) in [6.07, 6.45) is 4.67. The number of carbonyl (C=O) groups excluding carboxylic acids is 1. The first-order valence-corrected chi connectivity index (χ1v) is 8.14. The summed E-state index contributed by atoms with van der Waals surface area (Å²) < 4.78 is 0. The molecule has 118 valence electrons. The van der Waals surface area contributed by atoms with Crippen LogP contribution < -0.4 is 0 Å². The maximum atomic E-state index is 12.8. The van der Waals surface area contributed by atoms with Crippen molar-refractivity contribution in [3.8, 4) is 0 Å². The summed E-state index contributed by atoms with van der Waals surface area (Å²) in [7, 11) is 0. The SMILES string of the molecule is O=C(O)CC1CCN(C(=O)C2(Cc3ccccc3)CC2)CC1. The zero-order chi connectivity index (χ0) is 15.6. The van der Waals surface area contributed by atoms with Crippen LogP contribution in [0.25, 0.3) is 0 Å². The van der Waals surface area contributed by atoms with Gasteiger partial charge in [-0.2, -0.15) is 0 Å². The Morgan fingerprint density at radius 3 is 2.32 bits per heavy atom. The van der Waals surface area contributed by atoms with Crippen LogP contribution in [0.1, 0.15) is 37.7 Å². The molecule has 1 aromatic carbocycles. The van der Waals surface area contributed by atoms with Crippen molar-refractivity contribution in [2.45, 2.75) is 38.5 Å². The van der Waals surface area contributed by atoms with Crippen LogP contribution >= 0.6 is 0 Å². The molecule has 4 nitrogen and oxygen atoms in total. The highest BCUT2D eigenvalue weighted by molar-refractivity contribution is 5.85. The fourth-order valence-electron chi connectivity index (χ4n) is 3.53. The third-order valence-electron chi connectivity index (χ3n) is 5.06. The predicted octanol–water partition coefficient (Wildman–Crippen LogP) is 2.72. The first kappa shape index (κ1) is 15.1. The van der Waals surface area contributed by atoms with Crippen molar-refractivity contribution in [3.05, 3.63) is 35.9 Å². The standard InChI is InChI=1S/C18H23NO3/c20-16(21)12-14-6-10-19(11-7-14)17(22)18(8-9-18)13-15-4-2-1-3-5-15/h1-5,14H,6-13H2,(H,20,21). The van der Waals surface area contributed by atoms with Gasteiger partial charge in [-0.15, -0.1) is 0 Å². The molecule has 1 amide bonds. The molecular formula is C18H23NO3. The van der Waals surface area contributed by atoms with Crippen LogP contribution in [-0.4, -0.2) is 35.0 Å². The molecule has 0 radical (unpaired) electrons. The molecule has 0 spiro atoms. The molecule has 1 heterocycles. The van der Waals surface area contributed by atoms with Gasteiger partial charge in [0.05, 0.1) is 5.41 Å². The van der Waals surface area contributed by atoms with Crippen LogP contribution in [0.2, 0.25) is 0 Å². The number of rotatable bonds is 5. The van der Waals surface area contributed by atoms with E-state index in [-0.39, 0.29) is 23.7 Å². The number of piperidine rings is 1. The Kier molecular flexibility index (Phi) is 4.19. The number of carboxylic acid groups (broad SMARTS) is 1. The minimum Gasteiger partial charge on any atom is -0.481 e. The van der Waals surface area contributed by atoms with Gasteiger partial charge in [0, 0.05) is 19.5 Å². The Labute approximate surface area is 131 Å². The topological polar surface area (TPSA) is 57.6 Å². The lowest BCUT2D eigenvalue weighted by Gasteiger charge is -2.34. The monoisotopic (exact) mass is 301 g/mol. The zero-order valence-corrected chi connectivity index (χ0v) is 12.8. The average molecular weight is 301 g/mol. The molecule has 2 aliphatic rings. The summed E-state index contributed by atoms with van der Waals surface area (Å²) in [6, 6.07) is 10.2. The van der Waals surface area contributed by atoms with Crippen LogP contribution in [0.5, 0.6) is 0 Å². The molecule has 3 rings (SSSR count).